The fraction of sp³-hybridized carbons (Fsp3) is 0.600. The molecule has 4 N–H and O–H groups in total. The number of hydrogen-bond acceptors (Lipinski definition) is 7. The standard InChI is InChI=1S/C15H21N3O6S/c16-25(22,23)12-6-13(18(20)21)15-14(7-12)24-11(8-17-15)5-9-1-3-10(19)4-2-9/h6-7,9-11,17,19H,1-5,8H2,(H2,16,22,23). The van der Waals surface area contributed by atoms with Gasteiger partial charge in [-0.1, -0.05) is 0 Å². The van der Waals surface area contributed by atoms with E-state index in [4.69, 9.17) is 9.88 Å². The molecule has 10 heteroatoms. The van der Waals surface area contributed by atoms with Gasteiger partial charge in [0.05, 0.1) is 22.5 Å². The first-order valence-corrected chi connectivity index (χ1v) is 9.72. The molecule has 1 unspecified atom stereocenters. The summed E-state index contributed by atoms with van der Waals surface area (Å²) in [4.78, 5) is 10.2. The van der Waals surface area contributed by atoms with Crippen LogP contribution in [0.5, 0.6) is 5.75 Å². The van der Waals surface area contributed by atoms with Gasteiger partial charge in [0.2, 0.25) is 10.0 Å². The normalized spacial score (nSPS) is 26.2. The number of nitro groups is 1. The van der Waals surface area contributed by atoms with Crippen LogP contribution in [0.3, 0.4) is 0 Å². The van der Waals surface area contributed by atoms with Crippen LogP contribution < -0.4 is 15.2 Å². The first kappa shape index (κ1) is 17.9. The number of ether oxygens (including phenoxy) is 1. The van der Waals surface area contributed by atoms with Crippen molar-refractivity contribution in [1.82, 2.24) is 0 Å². The average molecular weight is 371 g/mol. The maximum atomic E-state index is 11.6. The van der Waals surface area contributed by atoms with Crippen molar-refractivity contribution in [1.29, 1.82) is 0 Å². The number of anilines is 1. The molecule has 1 aromatic carbocycles. The molecule has 1 fully saturated rings. The molecular weight excluding hydrogens is 350 g/mol. The summed E-state index contributed by atoms with van der Waals surface area (Å²) >= 11 is 0. The topological polar surface area (TPSA) is 145 Å². The van der Waals surface area contributed by atoms with Gasteiger partial charge in [-0.25, -0.2) is 13.6 Å². The van der Waals surface area contributed by atoms with E-state index in [1.807, 2.05) is 0 Å². The van der Waals surface area contributed by atoms with Gasteiger partial charge < -0.3 is 15.2 Å². The summed E-state index contributed by atoms with van der Waals surface area (Å²) in [6.07, 6.45) is 3.64. The summed E-state index contributed by atoms with van der Waals surface area (Å²) in [6.45, 7) is 0.404. The Morgan fingerprint density at radius 1 is 1.32 bits per heavy atom. The Morgan fingerprint density at radius 2 is 2.00 bits per heavy atom. The minimum Gasteiger partial charge on any atom is -0.486 e. The third-order valence-corrected chi connectivity index (χ3v) is 5.69. The van der Waals surface area contributed by atoms with Crippen molar-refractivity contribution in [3.8, 4) is 5.75 Å². The number of nitrogens with one attached hydrogen (secondary N) is 1. The summed E-state index contributed by atoms with van der Waals surface area (Å²) in [7, 11) is -4.08. The van der Waals surface area contributed by atoms with Crippen molar-refractivity contribution >= 4 is 21.4 Å². The molecule has 9 nitrogen and oxygen atoms in total. The molecule has 1 aliphatic carbocycles. The Kier molecular flexibility index (Phi) is 4.85. The SMILES string of the molecule is NS(=O)(=O)c1cc2c(c([N+](=O)[O-])c1)NCC(CC1CCC(O)CC1)O2. The van der Waals surface area contributed by atoms with Crippen LogP contribution >= 0.6 is 0 Å². The third kappa shape index (κ3) is 4.02. The van der Waals surface area contributed by atoms with E-state index in [9.17, 15) is 23.6 Å². The van der Waals surface area contributed by atoms with Gasteiger partial charge in [0.25, 0.3) is 5.69 Å². The number of nitrogens with zero attached hydrogens (tertiary/aromatic N) is 1. The van der Waals surface area contributed by atoms with Crippen LogP contribution in [0.4, 0.5) is 11.4 Å². The summed E-state index contributed by atoms with van der Waals surface area (Å²) < 4.78 is 29.0. The number of aliphatic hydroxyl groups is 1. The molecule has 138 valence electrons. The van der Waals surface area contributed by atoms with Crippen molar-refractivity contribution < 1.29 is 23.2 Å². The fourth-order valence-electron chi connectivity index (χ4n) is 3.48. The molecule has 0 aromatic heterocycles. The van der Waals surface area contributed by atoms with Gasteiger partial charge in [-0.15, -0.1) is 0 Å². The van der Waals surface area contributed by atoms with E-state index in [2.05, 4.69) is 5.32 Å². The van der Waals surface area contributed by atoms with Gasteiger partial charge in [-0.05, 0) is 38.0 Å². The molecule has 2 aliphatic rings. The van der Waals surface area contributed by atoms with Crippen molar-refractivity contribution in [2.45, 2.75) is 49.2 Å². The minimum absolute atomic E-state index is 0.130. The van der Waals surface area contributed by atoms with E-state index in [-0.39, 0.29) is 34.2 Å². The lowest BCUT2D eigenvalue weighted by atomic mass is 9.84. The van der Waals surface area contributed by atoms with Crippen molar-refractivity contribution in [3.63, 3.8) is 0 Å². The van der Waals surface area contributed by atoms with Crippen molar-refractivity contribution in [2.75, 3.05) is 11.9 Å². The number of nitro benzene ring substituents is 1. The lowest BCUT2D eigenvalue weighted by Crippen LogP contribution is -2.34. The summed E-state index contributed by atoms with van der Waals surface area (Å²) in [5, 5.41) is 28.9. The highest BCUT2D eigenvalue weighted by molar-refractivity contribution is 7.89. The minimum atomic E-state index is -4.08. The largest absolute Gasteiger partial charge is 0.486 e. The molecule has 25 heavy (non-hydrogen) atoms. The predicted octanol–water partition coefficient (Wildman–Crippen LogP) is 1.36. The maximum absolute atomic E-state index is 11.6. The van der Waals surface area contributed by atoms with Crippen molar-refractivity contribution in [3.05, 3.63) is 22.2 Å². The van der Waals surface area contributed by atoms with E-state index in [0.717, 1.165) is 38.2 Å². The quantitative estimate of drug-likeness (QED) is 0.535. The van der Waals surface area contributed by atoms with Gasteiger partial charge in [-0.2, -0.15) is 0 Å². The van der Waals surface area contributed by atoms with Crippen LogP contribution in [0.25, 0.3) is 0 Å². The van der Waals surface area contributed by atoms with Gasteiger partial charge >= 0.3 is 0 Å². The van der Waals surface area contributed by atoms with Crippen LogP contribution in [-0.4, -0.2) is 37.2 Å². The summed E-state index contributed by atoms with van der Waals surface area (Å²) in [5.74, 6) is 0.540. The summed E-state index contributed by atoms with van der Waals surface area (Å²) in [6, 6.07) is 2.16. The predicted molar refractivity (Wildman–Crippen MR) is 90.0 cm³/mol. The van der Waals surface area contributed by atoms with Gasteiger partial charge in [0.1, 0.15) is 6.10 Å². The Hall–Kier alpha value is -1.91. The molecule has 1 saturated carbocycles. The number of sulfonamides is 1. The Labute approximate surface area is 145 Å². The number of hydrogen-bond donors (Lipinski definition) is 3. The van der Waals surface area contributed by atoms with E-state index in [1.165, 1.54) is 6.07 Å². The zero-order valence-electron chi connectivity index (χ0n) is 13.6. The first-order chi connectivity index (χ1) is 11.7. The second-order valence-corrected chi connectivity index (χ2v) is 8.21. The molecule has 1 atom stereocenters. The highest BCUT2D eigenvalue weighted by atomic mass is 32.2. The lowest BCUT2D eigenvalue weighted by molar-refractivity contribution is -0.384. The zero-order chi connectivity index (χ0) is 18.2. The first-order valence-electron chi connectivity index (χ1n) is 8.18. The molecule has 0 saturated heterocycles. The zero-order valence-corrected chi connectivity index (χ0v) is 14.4. The van der Waals surface area contributed by atoms with E-state index >= 15 is 0 Å². The van der Waals surface area contributed by atoms with E-state index in [0.29, 0.717) is 12.5 Å². The molecule has 0 bridgehead atoms. The smallest absolute Gasteiger partial charge is 0.297 e. The van der Waals surface area contributed by atoms with Crippen LogP contribution in [0, 0.1) is 16.0 Å². The van der Waals surface area contributed by atoms with Crippen LogP contribution in [0.1, 0.15) is 32.1 Å². The molecule has 1 aromatic rings. The number of benzene rings is 1. The number of primary sulfonamides is 1. The average Bonchev–Trinajstić information content (AvgIpc) is 2.54. The number of nitrogens with two attached hydrogens (primary N) is 1. The highest BCUT2D eigenvalue weighted by Gasteiger charge is 2.31. The van der Waals surface area contributed by atoms with Crippen LogP contribution in [0.15, 0.2) is 17.0 Å². The maximum Gasteiger partial charge on any atom is 0.297 e. The second kappa shape index (κ2) is 6.77. The van der Waals surface area contributed by atoms with Gasteiger partial charge in [-0.3, -0.25) is 10.1 Å². The molecule has 3 rings (SSSR count). The molecule has 1 aliphatic heterocycles. The fourth-order valence-corrected chi connectivity index (χ4v) is 4.02. The molecule has 1 heterocycles. The Balaban J connectivity index is 1.82. The monoisotopic (exact) mass is 371 g/mol. The number of rotatable bonds is 4. The number of aliphatic hydroxyl groups excluding tert-OH is 1. The summed E-state index contributed by atoms with van der Waals surface area (Å²) in [5.41, 5.74) is -0.200. The van der Waals surface area contributed by atoms with E-state index in [1.54, 1.807) is 0 Å². The lowest BCUT2D eigenvalue weighted by Gasteiger charge is -2.32. The molecule has 0 radical (unpaired) electrons. The molecule has 0 amide bonds. The van der Waals surface area contributed by atoms with E-state index < -0.39 is 14.9 Å². The molecular formula is C15H21N3O6S. The van der Waals surface area contributed by atoms with Crippen molar-refractivity contribution in [2.24, 2.45) is 11.1 Å². The van der Waals surface area contributed by atoms with Gasteiger partial charge in [0.15, 0.2) is 11.4 Å². The number of fused-ring (bicyclic) bond motifs is 1. The second-order valence-electron chi connectivity index (χ2n) is 6.65. The van der Waals surface area contributed by atoms with Crippen LogP contribution in [0.2, 0.25) is 0 Å². The van der Waals surface area contributed by atoms with Crippen LogP contribution in [-0.2, 0) is 10.0 Å². The highest BCUT2D eigenvalue weighted by Crippen LogP contribution is 2.41. The Morgan fingerprint density at radius 3 is 2.60 bits per heavy atom. The third-order valence-electron chi connectivity index (χ3n) is 4.79. The Bertz CT molecular complexity index is 774. The van der Waals surface area contributed by atoms with Gasteiger partial charge in [0, 0.05) is 12.1 Å². The molecule has 0 spiro atoms.